The molecule has 3 N–H and O–H groups in total. The number of carboxylic acids is 1. The van der Waals surface area contributed by atoms with Crippen molar-refractivity contribution in [3.8, 4) is 0 Å². The third-order valence-electron chi connectivity index (χ3n) is 2.05. The zero-order valence-corrected chi connectivity index (χ0v) is 10.9. The number of rotatable bonds is 8. The van der Waals surface area contributed by atoms with E-state index in [4.69, 9.17) is 5.11 Å². The summed E-state index contributed by atoms with van der Waals surface area (Å²) in [6.07, 6.45) is 1.52. The molecule has 18 heavy (non-hydrogen) atoms. The Morgan fingerprint density at radius 3 is 2.28 bits per heavy atom. The molecular formula is C11H21N3O4. The van der Waals surface area contributed by atoms with Crippen molar-refractivity contribution in [3.05, 3.63) is 0 Å². The van der Waals surface area contributed by atoms with Crippen LogP contribution in [0.3, 0.4) is 0 Å². The Morgan fingerprint density at radius 1 is 1.11 bits per heavy atom. The van der Waals surface area contributed by atoms with E-state index in [0.717, 1.165) is 12.8 Å². The lowest BCUT2D eigenvalue weighted by Crippen LogP contribution is -2.45. The zero-order valence-electron chi connectivity index (χ0n) is 10.9. The highest BCUT2D eigenvalue weighted by Gasteiger charge is 2.14. The molecule has 0 aromatic carbocycles. The molecule has 0 heterocycles. The zero-order chi connectivity index (χ0) is 14.0. The van der Waals surface area contributed by atoms with Crippen molar-refractivity contribution >= 4 is 17.9 Å². The van der Waals surface area contributed by atoms with Crippen LogP contribution in [0.5, 0.6) is 0 Å². The minimum absolute atomic E-state index is 0.0975. The van der Waals surface area contributed by atoms with Crippen LogP contribution >= 0.6 is 0 Å². The van der Waals surface area contributed by atoms with Crippen LogP contribution in [0.4, 0.5) is 4.79 Å². The first-order valence-corrected chi connectivity index (χ1v) is 6.01. The molecule has 0 saturated carbocycles. The Kier molecular flexibility index (Phi) is 8.55. The van der Waals surface area contributed by atoms with E-state index in [2.05, 4.69) is 10.6 Å². The lowest BCUT2D eigenvalue weighted by atomic mass is 10.4. The Bertz CT molecular complexity index is 294. The maximum Gasteiger partial charge on any atom is 0.321 e. The fourth-order valence-corrected chi connectivity index (χ4v) is 1.37. The standard InChI is InChI=1S/C11H21N3O4/c1-3-5-12-11(18)13-9(15)7-14(6-4-2)8-10(16)17/h3-8H2,1-2H3,(H,16,17)(H2,12,13,15,18). The van der Waals surface area contributed by atoms with Crippen LogP contribution < -0.4 is 10.6 Å². The molecule has 0 aliphatic rings. The second-order valence-corrected chi connectivity index (χ2v) is 3.91. The number of carboxylic acid groups (broad SMARTS) is 1. The van der Waals surface area contributed by atoms with Crippen molar-refractivity contribution in [2.75, 3.05) is 26.2 Å². The van der Waals surface area contributed by atoms with E-state index < -0.39 is 17.9 Å². The number of hydrogen-bond acceptors (Lipinski definition) is 4. The number of carbonyl (C=O) groups is 3. The quantitative estimate of drug-likeness (QED) is 0.570. The molecule has 0 unspecified atom stereocenters. The molecule has 0 aromatic rings. The fraction of sp³-hybridized carbons (Fsp3) is 0.727. The van der Waals surface area contributed by atoms with Crippen LogP contribution in [0.25, 0.3) is 0 Å². The number of nitrogens with zero attached hydrogens (tertiary/aromatic N) is 1. The molecule has 0 fully saturated rings. The molecular weight excluding hydrogens is 238 g/mol. The van der Waals surface area contributed by atoms with E-state index in [0.29, 0.717) is 13.1 Å². The largest absolute Gasteiger partial charge is 0.480 e. The Balaban J connectivity index is 4.08. The van der Waals surface area contributed by atoms with Gasteiger partial charge in [0.05, 0.1) is 13.1 Å². The van der Waals surface area contributed by atoms with Crippen molar-refractivity contribution in [2.24, 2.45) is 0 Å². The average Bonchev–Trinajstić information content (AvgIpc) is 2.25. The molecule has 3 amide bonds. The third kappa shape index (κ3) is 8.51. The molecule has 0 saturated heterocycles. The highest BCUT2D eigenvalue weighted by atomic mass is 16.4. The predicted octanol–water partition coefficient (Wildman–Crippen LogP) is 0.0188. The summed E-state index contributed by atoms with van der Waals surface area (Å²) in [7, 11) is 0. The molecule has 0 aliphatic heterocycles. The van der Waals surface area contributed by atoms with E-state index in [1.54, 1.807) is 0 Å². The van der Waals surface area contributed by atoms with Crippen molar-refractivity contribution in [1.82, 2.24) is 15.5 Å². The van der Waals surface area contributed by atoms with Gasteiger partial charge in [0, 0.05) is 6.54 Å². The molecule has 0 radical (unpaired) electrons. The normalized spacial score (nSPS) is 10.2. The van der Waals surface area contributed by atoms with E-state index in [-0.39, 0.29) is 13.1 Å². The van der Waals surface area contributed by atoms with Crippen LogP contribution in [0, 0.1) is 0 Å². The highest BCUT2D eigenvalue weighted by molar-refractivity contribution is 5.95. The first-order valence-electron chi connectivity index (χ1n) is 6.01. The summed E-state index contributed by atoms with van der Waals surface area (Å²) in [5.41, 5.74) is 0. The lowest BCUT2D eigenvalue weighted by molar-refractivity contribution is -0.138. The number of urea groups is 1. The van der Waals surface area contributed by atoms with Gasteiger partial charge in [-0.25, -0.2) is 4.79 Å². The Morgan fingerprint density at radius 2 is 1.78 bits per heavy atom. The van der Waals surface area contributed by atoms with Gasteiger partial charge in [-0.05, 0) is 19.4 Å². The maximum absolute atomic E-state index is 11.5. The van der Waals surface area contributed by atoms with E-state index in [1.807, 2.05) is 13.8 Å². The molecule has 7 heteroatoms. The minimum Gasteiger partial charge on any atom is -0.480 e. The first kappa shape index (κ1) is 16.4. The number of hydrogen-bond donors (Lipinski definition) is 3. The lowest BCUT2D eigenvalue weighted by Gasteiger charge is -2.18. The fourth-order valence-electron chi connectivity index (χ4n) is 1.37. The Hall–Kier alpha value is -1.63. The molecule has 0 bridgehead atoms. The second kappa shape index (κ2) is 9.41. The van der Waals surface area contributed by atoms with Crippen LogP contribution in [0.1, 0.15) is 26.7 Å². The molecule has 0 spiro atoms. The number of amides is 3. The minimum atomic E-state index is -0.994. The highest BCUT2D eigenvalue weighted by Crippen LogP contribution is 1.91. The summed E-state index contributed by atoms with van der Waals surface area (Å²) in [5.74, 6) is -1.50. The van der Waals surface area contributed by atoms with Gasteiger partial charge in [-0.15, -0.1) is 0 Å². The van der Waals surface area contributed by atoms with Gasteiger partial charge in [0.25, 0.3) is 0 Å². The van der Waals surface area contributed by atoms with E-state index in [9.17, 15) is 14.4 Å². The van der Waals surface area contributed by atoms with E-state index in [1.165, 1.54) is 4.90 Å². The third-order valence-corrected chi connectivity index (χ3v) is 2.05. The molecule has 0 rings (SSSR count). The molecule has 0 atom stereocenters. The summed E-state index contributed by atoms with van der Waals surface area (Å²) in [4.78, 5) is 34.7. The summed E-state index contributed by atoms with van der Waals surface area (Å²) < 4.78 is 0. The number of aliphatic carboxylic acids is 1. The van der Waals surface area contributed by atoms with Crippen molar-refractivity contribution < 1.29 is 19.5 Å². The molecule has 0 aromatic heterocycles. The van der Waals surface area contributed by atoms with Gasteiger partial charge in [-0.1, -0.05) is 13.8 Å². The van der Waals surface area contributed by atoms with Gasteiger partial charge in [-0.2, -0.15) is 0 Å². The van der Waals surface area contributed by atoms with Crippen LogP contribution in [-0.2, 0) is 9.59 Å². The summed E-state index contributed by atoms with van der Waals surface area (Å²) >= 11 is 0. The predicted molar refractivity (Wildman–Crippen MR) is 66.2 cm³/mol. The van der Waals surface area contributed by atoms with Crippen molar-refractivity contribution in [3.63, 3.8) is 0 Å². The van der Waals surface area contributed by atoms with E-state index >= 15 is 0 Å². The van der Waals surface area contributed by atoms with Crippen LogP contribution in [0.15, 0.2) is 0 Å². The Labute approximate surface area is 107 Å². The van der Waals surface area contributed by atoms with Crippen molar-refractivity contribution in [1.29, 1.82) is 0 Å². The monoisotopic (exact) mass is 259 g/mol. The van der Waals surface area contributed by atoms with Crippen LogP contribution in [0.2, 0.25) is 0 Å². The topological polar surface area (TPSA) is 98.7 Å². The SMILES string of the molecule is CCCNC(=O)NC(=O)CN(CCC)CC(=O)O. The van der Waals surface area contributed by atoms with Crippen molar-refractivity contribution in [2.45, 2.75) is 26.7 Å². The molecule has 7 nitrogen and oxygen atoms in total. The summed E-state index contributed by atoms with van der Waals surface area (Å²) in [5, 5.41) is 13.3. The number of carbonyl (C=O) groups excluding carboxylic acids is 2. The first-order chi connectivity index (χ1) is 8.49. The second-order valence-electron chi connectivity index (χ2n) is 3.91. The van der Waals surface area contributed by atoms with Gasteiger partial charge in [0.2, 0.25) is 5.91 Å². The van der Waals surface area contributed by atoms with Gasteiger partial charge in [0.1, 0.15) is 0 Å². The van der Waals surface area contributed by atoms with Gasteiger partial charge < -0.3 is 10.4 Å². The molecule has 0 aliphatic carbocycles. The van der Waals surface area contributed by atoms with Gasteiger partial charge >= 0.3 is 12.0 Å². The number of imide groups is 1. The van der Waals surface area contributed by atoms with Gasteiger partial charge in [-0.3, -0.25) is 19.8 Å². The summed E-state index contributed by atoms with van der Waals surface area (Å²) in [6.45, 7) is 4.47. The number of nitrogens with one attached hydrogen (secondary N) is 2. The van der Waals surface area contributed by atoms with Gasteiger partial charge in [0.15, 0.2) is 0 Å². The average molecular weight is 259 g/mol. The summed E-state index contributed by atoms with van der Waals surface area (Å²) in [6, 6.07) is -0.548. The van der Waals surface area contributed by atoms with Crippen LogP contribution in [-0.4, -0.2) is 54.1 Å². The smallest absolute Gasteiger partial charge is 0.321 e. The molecule has 104 valence electrons. The maximum atomic E-state index is 11.5.